The lowest BCUT2D eigenvalue weighted by molar-refractivity contribution is -0.287. The molecule has 32 heavy (non-hydrogen) atoms. The van der Waals surface area contributed by atoms with Crippen molar-refractivity contribution in [3.8, 4) is 16.9 Å². The van der Waals surface area contributed by atoms with Gasteiger partial charge in [-0.2, -0.15) is 49.8 Å². The highest BCUT2D eigenvalue weighted by Gasteiger charge is 2.57. The third-order valence-corrected chi connectivity index (χ3v) is 4.32. The molecular formula is C16H11F8N5O2S. The van der Waals surface area contributed by atoms with Crippen LogP contribution in [0.15, 0.2) is 29.5 Å². The number of aromatic nitrogens is 5. The number of nitrogens with zero attached hydrogens (tertiary/aromatic N) is 5. The predicted octanol–water partition coefficient (Wildman–Crippen LogP) is 3.87. The fourth-order valence-electron chi connectivity index (χ4n) is 2.56. The van der Waals surface area contributed by atoms with E-state index in [1.54, 1.807) is 6.26 Å². The number of fused-ring (bicyclic) bond motifs is 1. The first-order valence-electron chi connectivity index (χ1n) is 8.34. The lowest BCUT2D eigenvalue weighted by Crippen LogP contribution is -2.40. The molecule has 3 heterocycles. The molecule has 0 saturated heterocycles. The number of hydrogen-bond donors (Lipinski definition) is 0. The van der Waals surface area contributed by atoms with E-state index < -0.39 is 52.8 Å². The second-order valence-corrected chi connectivity index (χ2v) is 7.09. The van der Waals surface area contributed by atoms with Crippen LogP contribution in [-0.4, -0.2) is 48.7 Å². The molecule has 0 unspecified atom stereocenters. The lowest BCUT2D eigenvalue weighted by Gasteiger charge is -2.19. The van der Waals surface area contributed by atoms with E-state index in [1.807, 2.05) is 0 Å². The zero-order valence-electron chi connectivity index (χ0n) is 15.7. The van der Waals surface area contributed by atoms with Crippen molar-refractivity contribution in [1.29, 1.82) is 0 Å². The first-order valence-corrected chi connectivity index (χ1v) is 9.73. The molecule has 0 saturated carbocycles. The van der Waals surface area contributed by atoms with Crippen LogP contribution in [0.25, 0.3) is 16.8 Å². The standard InChI is InChI=1S/C16H11F8N5O2S/c1-32-7-31-9-2-10-27-12(15(19,20)21)11(13(30)29(10)26-4-9)8-3-25-28(5-8)6-14(17,18)16(22,23)24/h2-5H,6-7H2,1H3. The van der Waals surface area contributed by atoms with Gasteiger partial charge in [0.2, 0.25) is 0 Å². The largest absolute Gasteiger partial charge is 0.481 e. The zero-order valence-corrected chi connectivity index (χ0v) is 16.5. The number of halogens is 8. The molecule has 16 heteroatoms. The van der Waals surface area contributed by atoms with Crippen molar-refractivity contribution in [3.63, 3.8) is 0 Å². The fraction of sp³-hybridized carbons (Fsp3) is 0.375. The minimum Gasteiger partial charge on any atom is -0.481 e. The van der Waals surface area contributed by atoms with Gasteiger partial charge in [-0.3, -0.25) is 9.48 Å². The highest BCUT2D eigenvalue weighted by molar-refractivity contribution is 7.98. The summed E-state index contributed by atoms with van der Waals surface area (Å²) in [6, 6.07) is 1.04. The molecule has 0 bridgehead atoms. The van der Waals surface area contributed by atoms with Crippen molar-refractivity contribution < 1.29 is 39.9 Å². The SMILES string of the molecule is CSCOc1cnn2c(=O)c(-c3cnn(CC(F)(F)C(F)(F)F)c3)c(C(F)(F)F)nc2c1. The molecule has 0 fully saturated rings. The first kappa shape index (κ1) is 23.7. The molecule has 0 radical (unpaired) electrons. The summed E-state index contributed by atoms with van der Waals surface area (Å²) in [6.07, 6.45) is -7.29. The Balaban J connectivity index is 2.13. The maximum atomic E-state index is 13.6. The maximum Gasteiger partial charge on any atom is 0.455 e. The summed E-state index contributed by atoms with van der Waals surface area (Å²) >= 11 is 1.27. The van der Waals surface area contributed by atoms with E-state index in [0.29, 0.717) is 16.9 Å². The van der Waals surface area contributed by atoms with Crippen molar-refractivity contribution in [2.45, 2.75) is 24.8 Å². The Labute approximate surface area is 177 Å². The summed E-state index contributed by atoms with van der Waals surface area (Å²) in [4.78, 5) is 16.1. The summed E-state index contributed by atoms with van der Waals surface area (Å²) in [5.74, 6) is -5.02. The predicted molar refractivity (Wildman–Crippen MR) is 95.5 cm³/mol. The van der Waals surface area contributed by atoms with Crippen LogP contribution in [0, 0.1) is 0 Å². The van der Waals surface area contributed by atoms with Gasteiger partial charge in [-0.05, 0) is 6.26 Å². The Hall–Kier alpha value is -2.91. The van der Waals surface area contributed by atoms with Crippen LogP contribution < -0.4 is 10.3 Å². The van der Waals surface area contributed by atoms with Gasteiger partial charge in [0.05, 0.1) is 18.0 Å². The van der Waals surface area contributed by atoms with Gasteiger partial charge in [-0.1, -0.05) is 0 Å². The van der Waals surface area contributed by atoms with Crippen LogP contribution in [0.1, 0.15) is 5.69 Å². The van der Waals surface area contributed by atoms with Gasteiger partial charge in [0.25, 0.3) is 5.56 Å². The summed E-state index contributed by atoms with van der Waals surface area (Å²) < 4.78 is 110. The average molecular weight is 489 g/mol. The van der Waals surface area contributed by atoms with Crippen molar-refractivity contribution in [2.75, 3.05) is 12.2 Å². The number of thioether (sulfide) groups is 1. The second-order valence-electron chi connectivity index (χ2n) is 6.28. The Morgan fingerprint density at radius 3 is 2.34 bits per heavy atom. The van der Waals surface area contributed by atoms with Crippen LogP contribution in [0.5, 0.6) is 5.75 Å². The molecule has 174 valence electrons. The molecule has 0 aromatic carbocycles. The van der Waals surface area contributed by atoms with E-state index in [0.717, 1.165) is 12.3 Å². The smallest absolute Gasteiger partial charge is 0.455 e. The third kappa shape index (κ3) is 4.63. The van der Waals surface area contributed by atoms with E-state index in [1.165, 1.54) is 11.8 Å². The van der Waals surface area contributed by atoms with E-state index >= 15 is 0 Å². The van der Waals surface area contributed by atoms with Gasteiger partial charge in [-0.15, -0.1) is 11.8 Å². The summed E-state index contributed by atoms with van der Waals surface area (Å²) in [7, 11) is 0. The molecule has 0 amide bonds. The van der Waals surface area contributed by atoms with Gasteiger partial charge < -0.3 is 4.74 Å². The maximum absolute atomic E-state index is 13.6. The average Bonchev–Trinajstić information content (AvgIpc) is 3.11. The second kappa shape index (κ2) is 8.22. The molecule has 0 aliphatic carbocycles. The van der Waals surface area contributed by atoms with E-state index in [4.69, 9.17) is 4.74 Å². The van der Waals surface area contributed by atoms with Crippen molar-refractivity contribution in [2.24, 2.45) is 0 Å². The number of hydrogen-bond acceptors (Lipinski definition) is 6. The number of alkyl halides is 8. The number of rotatable bonds is 6. The normalized spacial score (nSPS) is 13.0. The highest BCUT2D eigenvalue weighted by atomic mass is 32.2. The van der Waals surface area contributed by atoms with Crippen LogP contribution in [0.4, 0.5) is 35.1 Å². The number of ether oxygens (including phenoxy) is 1. The lowest BCUT2D eigenvalue weighted by atomic mass is 10.1. The van der Waals surface area contributed by atoms with Crippen molar-refractivity contribution in [3.05, 3.63) is 40.7 Å². The van der Waals surface area contributed by atoms with E-state index in [9.17, 15) is 39.9 Å². The molecule has 0 N–H and O–H groups in total. The van der Waals surface area contributed by atoms with Gasteiger partial charge in [0.15, 0.2) is 11.3 Å². The summed E-state index contributed by atoms with van der Waals surface area (Å²) in [5.41, 5.74) is -5.30. The summed E-state index contributed by atoms with van der Waals surface area (Å²) in [6.45, 7) is -1.99. The Kier molecular flexibility index (Phi) is 6.10. The Morgan fingerprint density at radius 2 is 1.75 bits per heavy atom. The van der Waals surface area contributed by atoms with Crippen molar-refractivity contribution in [1.82, 2.24) is 24.4 Å². The van der Waals surface area contributed by atoms with E-state index in [-0.39, 0.29) is 16.4 Å². The molecule has 0 aliphatic heterocycles. The Morgan fingerprint density at radius 1 is 1.06 bits per heavy atom. The minimum absolute atomic E-state index is 0.0364. The van der Waals surface area contributed by atoms with E-state index in [2.05, 4.69) is 15.2 Å². The quantitative estimate of drug-likeness (QED) is 0.387. The van der Waals surface area contributed by atoms with Gasteiger partial charge in [0.1, 0.15) is 18.2 Å². The molecule has 3 aromatic rings. The first-order chi connectivity index (χ1) is 14.7. The minimum atomic E-state index is -5.90. The monoisotopic (exact) mass is 489 g/mol. The molecule has 3 aromatic heterocycles. The van der Waals surface area contributed by atoms with Gasteiger partial charge in [0, 0.05) is 17.8 Å². The molecular weight excluding hydrogens is 478 g/mol. The Bertz CT molecular complexity index is 1190. The van der Waals surface area contributed by atoms with Gasteiger partial charge in [-0.25, -0.2) is 4.98 Å². The van der Waals surface area contributed by atoms with Crippen molar-refractivity contribution >= 4 is 17.4 Å². The fourth-order valence-corrected chi connectivity index (χ4v) is 2.81. The van der Waals surface area contributed by atoms with Crippen LogP contribution in [0.2, 0.25) is 0 Å². The van der Waals surface area contributed by atoms with Gasteiger partial charge >= 0.3 is 18.3 Å². The zero-order chi connectivity index (χ0) is 23.9. The van der Waals surface area contributed by atoms with Crippen LogP contribution in [-0.2, 0) is 12.7 Å². The molecule has 0 atom stereocenters. The summed E-state index contributed by atoms with van der Waals surface area (Å²) in [5, 5.41) is 6.92. The molecule has 3 rings (SSSR count). The highest BCUT2D eigenvalue weighted by Crippen LogP contribution is 2.37. The van der Waals surface area contributed by atoms with Crippen LogP contribution >= 0.6 is 11.8 Å². The van der Waals surface area contributed by atoms with Crippen LogP contribution in [0.3, 0.4) is 0 Å². The third-order valence-electron chi connectivity index (χ3n) is 3.97. The molecule has 0 spiro atoms. The molecule has 7 nitrogen and oxygen atoms in total. The molecule has 0 aliphatic rings. The topological polar surface area (TPSA) is 74.3 Å².